The molecule has 1 aliphatic heterocycles. The highest BCUT2D eigenvalue weighted by molar-refractivity contribution is 5.79. The van der Waals surface area contributed by atoms with Gasteiger partial charge in [0.2, 0.25) is 11.7 Å². The maximum absolute atomic E-state index is 12.9. The van der Waals surface area contributed by atoms with Crippen LogP contribution in [0.5, 0.6) is 0 Å². The highest BCUT2D eigenvalue weighted by Crippen LogP contribution is 2.32. The minimum atomic E-state index is -0.0114. The predicted octanol–water partition coefficient (Wildman–Crippen LogP) is 4.89. The molecular weight excluding hydrogens is 426 g/mol. The normalized spacial score (nSPS) is 15.1. The minimum absolute atomic E-state index is 0.00883. The summed E-state index contributed by atoms with van der Waals surface area (Å²) in [5.41, 5.74) is 2.82. The number of amides is 1. The molecule has 1 atom stereocenters. The van der Waals surface area contributed by atoms with Crippen LogP contribution in [0.1, 0.15) is 31.4 Å². The van der Waals surface area contributed by atoms with E-state index in [2.05, 4.69) is 25.3 Å². The van der Waals surface area contributed by atoms with Gasteiger partial charge < -0.3 is 14.7 Å². The Labute approximate surface area is 198 Å². The molecule has 172 valence electrons. The van der Waals surface area contributed by atoms with Crippen molar-refractivity contribution in [3.63, 3.8) is 0 Å². The molecule has 1 amide bonds. The van der Waals surface area contributed by atoms with Crippen molar-refractivity contribution in [3.05, 3.63) is 84.6 Å². The maximum atomic E-state index is 12.9. The van der Waals surface area contributed by atoms with Crippen molar-refractivity contribution in [3.8, 4) is 22.8 Å². The van der Waals surface area contributed by atoms with Crippen LogP contribution in [0.2, 0.25) is 0 Å². The van der Waals surface area contributed by atoms with Crippen molar-refractivity contribution in [1.82, 2.24) is 20.4 Å². The monoisotopic (exact) mass is 453 g/mol. The van der Waals surface area contributed by atoms with Crippen LogP contribution in [0.25, 0.3) is 22.8 Å². The van der Waals surface area contributed by atoms with Gasteiger partial charge in [0.25, 0.3) is 5.89 Å². The summed E-state index contributed by atoms with van der Waals surface area (Å²) >= 11 is 0. The van der Waals surface area contributed by atoms with E-state index in [0.29, 0.717) is 11.7 Å². The second-order valence-electron chi connectivity index (χ2n) is 8.57. The molecule has 0 aliphatic carbocycles. The average Bonchev–Trinajstić information content (AvgIpc) is 3.40. The SMILES string of the molecule is CC(NC(=O)C1CCN(c2ncccc2-c2nc(-c3ccccc3)no2)CC1)c1ccccc1. The molecular formula is C27H27N5O2. The lowest BCUT2D eigenvalue weighted by Gasteiger charge is -2.33. The van der Waals surface area contributed by atoms with E-state index in [1.165, 1.54) is 0 Å². The third kappa shape index (κ3) is 4.69. The Morgan fingerprint density at radius 3 is 2.44 bits per heavy atom. The molecule has 0 radical (unpaired) electrons. The first-order valence-electron chi connectivity index (χ1n) is 11.6. The first kappa shape index (κ1) is 21.8. The van der Waals surface area contributed by atoms with Gasteiger partial charge in [-0.1, -0.05) is 65.8 Å². The second-order valence-corrected chi connectivity index (χ2v) is 8.57. The first-order chi connectivity index (χ1) is 16.7. The van der Waals surface area contributed by atoms with E-state index in [0.717, 1.165) is 48.4 Å². The molecule has 1 N–H and O–H groups in total. The van der Waals surface area contributed by atoms with Crippen molar-refractivity contribution in [2.45, 2.75) is 25.8 Å². The van der Waals surface area contributed by atoms with Gasteiger partial charge in [-0.05, 0) is 37.5 Å². The lowest BCUT2D eigenvalue weighted by molar-refractivity contribution is -0.126. The van der Waals surface area contributed by atoms with Crippen molar-refractivity contribution in [2.24, 2.45) is 5.92 Å². The molecule has 34 heavy (non-hydrogen) atoms. The number of pyridine rings is 1. The molecule has 4 aromatic rings. The number of nitrogens with one attached hydrogen (secondary N) is 1. The van der Waals surface area contributed by atoms with Gasteiger partial charge in [-0.3, -0.25) is 4.79 Å². The summed E-state index contributed by atoms with van der Waals surface area (Å²) in [4.78, 5) is 24.3. The van der Waals surface area contributed by atoms with Crippen LogP contribution in [0, 0.1) is 5.92 Å². The van der Waals surface area contributed by atoms with Crippen molar-refractivity contribution < 1.29 is 9.32 Å². The zero-order valence-corrected chi connectivity index (χ0v) is 19.1. The summed E-state index contributed by atoms with van der Waals surface area (Å²) in [6.45, 7) is 3.50. The largest absolute Gasteiger partial charge is 0.356 e. The van der Waals surface area contributed by atoms with Gasteiger partial charge >= 0.3 is 0 Å². The zero-order valence-electron chi connectivity index (χ0n) is 19.1. The van der Waals surface area contributed by atoms with Crippen LogP contribution in [0.4, 0.5) is 5.82 Å². The summed E-state index contributed by atoms with van der Waals surface area (Å²) in [7, 11) is 0. The molecule has 5 rings (SSSR count). The van der Waals surface area contributed by atoms with Crippen LogP contribution in [0.15, 0.2) is 83.5 Å². The van der Waals surface area contributed by atoms with Crippen LogP contribution in [-0.4, -0.2) is 34.1 Å². The van der Waals surface area contributed by atoms with E-state index >= 15 is 0 Å². The quantitative estimate of drug-likeness (QED) is 0.447. The Bertz CT molecular complexity index is 1230. The predicted molar refractivity (Wildman–Crippen MR) is 131 cm³/mol. The van der Waals surface area contributed by atoms with E-state index in [1.807, 2.05) is 79.7 Å². The molecule has 2 aromatic carbocycles. The Kier molecular flexibility index (Phi) is 6.33. The molecule has 1 unspecified atom stereocenters. The minimum Gasteiger partial charge on any atom is -0.356 e. The van der Waals surface area contributed by atoms with E-state index < -0.39 is 0 Å². The molecule has 1 aliphatic rings. The Morgan fingerprint density at radius 2 is 1.71 bits per heavy atom. The van der Waals surface area contributed by atoms with Crippen LogP contribution >= 0.6 is 0 Å². The first-order valence-corrected chi connectivity index (χ1v) is 11.6. The summed E-state index contributed by atoms with van der Waals surface area (Å²) in [5, 5.41) is 7.32. The van der Waals surface area contributed by atoms with Gasteiger partial charge in [-0.2, -0.15) is 4.98 Å². The van der Waals surface area contributed by atoms with Gasteiger partial charge in [-0.15, -0.1) is 0 Å². The fourth-order valence-corrected chi connectivity index (χ4v) is 4.36. The summed E-state index contributed by atoms with van der Waals surface area (Å²) in [6, 6.07) is 23.6. The number of carbonyl (C=O) groups is 1. The van der Waals surface area contributed by atoms with E-state index in [9.17, 15) is 4.79 Å². The molecule has 0 spiro atoms. The lowest BCUT2D eigenvalue weighted by Crippen LogP contribution is -2.41. The summed E-state index contributed by atoms with van der Waals surface area (Å²) < 4.78 is 5.59. The van der Waals surface area contributed by atoms with E-state index in [-0.39, 0.29) is 17.9 Å². The van der Waals surface area contributed by atoms with Crippen molar-refractivity contribution in [1.29, 1.82) is 0 Å². The van der Waals surface area contributed by atoms with Crippen LogP contribution in [0.3, 0.4) is 0 Å². The standard InChI is InChI=1S/C27H27N5O2/c1-19(20-9-4-2-5-10-20)29-26(33)22-14-17-32(18-15-22)25-23(13-8-16-28-25)27-30-24(31-34-27)21-11-6-3-7-12-21/h2-13,16,19,22H,14-15,17-18H2,1H3,(H,29,33). The van der Waals surface area contributed by atoms with Gasteiger partial charge in [0, 0.05) is 30.8 Å². The number of anilines is 1. The fourth-order valence-electron chi connectivity index (χ4n) is 4.36. The molecule has 1 fully saturated rings. The summed E-state index contributed by atoms with van der Waals surface area (Å²) in [5.74, 6) is 1.90. The van der Waals surface area contributed by atoms with Gasteiger partial charge in [0.1, 0.15) is 5.82 Å². The van der Waals surface area contributed by atoms with Gasteiger partial charge in [0.05, 0.1) is 11.6 Å². The average molecular weight is 454 g/mol. The molecule has 0 bridgehead atoms. The third-order valence-corrected chi connectivity index (χ3v) is 6.30. The number of hydrogen-bond donors (Lipinski definition) is 1. The van der Waals surface area contributed by atoms with Crippen LogP contribution < -0.4 is 10.2 Å². The molecule has 3 heterocycles. The van der Waals surface area contributed by atoms with Crippen molar-refractivity contribution >= 4 is 11.7 Å². The summed E-state index contributed by atoms with van der Waals surface area (Å²) in [6.07, 6.45) is 3.30. The molecule has 7 heteroatoms. The molecule has 7 nitrogen and oxygen atoms in total. The highest BCUT2D eigenvalue weighted by atomic mass is 16.5. The van der Waals surface area contributed by atoms with Gasteiger partial charge in [-0.25, -0.2) is 4.98 Å². The zero-order chi connectivity index (χ0) is 23.3. The number of piperidine rings is 1. The topological polar surface area (TPSA) is 84.2 Å². The Morgan fingerprint density at radius 1 is 1.00 bits per heavy atom. The number of aromatic nitrogens is 3. The lowest BCUT2D eigenvalue weighted by atomic mass is 9.95. The second kappa shape index (κ2) is 9.87. The van der Waals surface area contributed by atoms with E-state index in [4.69, 9.17) is 4.52 Å². The molecule has 2 aromatic heterocycles. The highest BCUT2D eigenvalue weighted by Gasteiger charge is 2.28. The third-order valence-electron chi connectivity index (χ3n) is 6.30. The molecule has 1 saturated heterocycles. The van der Waals surface area contributed by atoms with Crippen molar-refractivity contribution in [2.75, 3.05) is 18.0 Å². The fraction of sp³-hybridized carbons (Fsp3) is 0.259. The number of hydrogen-bond acceptors (Lipinski definition) is 6. The smallest absolute Gasteiger partial charge is 0.261 e. The Balaban J connectivity index is 1.26. The number of nitrogens with zero attached hydrogens (tertiary/aromatic N) is 4. The van der Waals surface area contributed by atoms with Gasteiger partial charge in [0.15, 0.2) is 0 Å². The number of benzene rings is 2. The Hall–Kier alpha value is -4.00. The van der Waals surface area contributed by atoms with E-state index in [1.54, 1.807) is 6.20 Å². The molecule has 0 saturated carbocycles. The maximum Gasteiger partial charge on any atom is 0.261 e. The van der Waals surface area contributed by atoms with Crippen LogP contribution in [-0.2, 0) is 4.79 Å². The number of rotatable bonds is 6. The number of carbonyl (C=O) groups excluding carboxylic acids is 1.